The molecule has 1 atom stereocenters. The minimum Gasteiger partial charge on any atom is -0.465 e. The fourth-order valence-electron chi connectivity index (χ4n) is 1.39. The smallest absolute Gasteiger partial charge is 0.406 e. The van der Waals surface area contributed by atoms with Crippen LogP contribution in [-0.2, 0) is 6.42 Å². The van der Waals surface area contributed by atoms with Crippen molar-refractivity contribution >= 4 is 6.09 Å². The van der Waals surface area contributed by atoms with Crippen molar-refractivity contribution in [3.05, 3.63) is 35.9 Å². The van der Waals surface area contributed by atoms with Gasteiger partial charge in [0.05, 0.1) is 12.7 Å². The minimum atomic E-state index is -1.48. The number of rotatable bonds is 4. The van der Waals surface area contributed by atoms with E-state index >= 15 is 0 Å². The molecule has 1 aromatic rings. The molecular formula is C11H12N2O3. The zero-order valence-corrected chi connectivity index (χ0v) is 8.55. The molecule has 1 unspecified atom stereocenters. The highest BCUT2D eigenvalue weighted by molar-refractivity contribution is 5.66. The summed E-state index contributed by atoms with van der Waals surface area (Å²) in [4.78, 5) is 10.5. The lowest BCUT2D eigenvalue weighted by atomic mass is 9.93. The second-order valence-corrected chi connectivity index (χ2v) is 3.44. The number of nitriles is 1. The molecule has 1 rings (SSSR count). The lowest BCUT2D eigenvalue weighted by Crippen LogP contribution is -2.51. The Labute approximate surface area is 92.9 Å². The van der Waals surface area contributed by atoms with E-state index < -0.39 is 18.2 Å². The first-order valence-corrected chi connectivity index (χ1v) is 4.69. The average molecular weight is 220 g/mol. The Balaban J connectivity index is 2.88. The third-order valence-corrected chi connectivity index (χ3v) is 2.18. The van der Waals surface area contributed by atoms with Crippen LogP contribution in [0.2, 0.25) is 0 Å². The molecule has 0 saturated carbocycles. The largest absolute Gasteiger partial charge is 0.465 e. The molecule has 16 heavy (non-hydrogen) atoms. The van der Waals surface area contributed by atoms with E-state index in [2.05, 4.69) is 0 Å². The minimum absolute atomic E-state index is 0.132. The molecule has 1 aromatic carbocycles. The zero-order valence-electron chi connectivity index (χ0n) is 8.55. The Morgan fingerprint density at radius 3 is 2.50 bits per heavy atom. The molecule has 5 nitrogen and oxygen atoms in total. The van der Waals surface area contributed by atoms with Gasteiger partial charge in [-0.1, -0.05) is 30.3 Å². The van der Waals surface area contributed by atoms with Gasteiger partial charge >= 0.3 is 6.09 Å². The summed E-state index contributed by atoms with van der Waals surface area (Å²) in [5.41, 5.74) is -0.695. The van der Waals surface area contributed by atoms with Gasteiger partial charge in [0.15, 0.2) is 5.54 Å². The molecule has 0 saturated heterocycles. The van der Waals surface area contributed by atoms with E-state index in [9.17, 15) is 4.79 Å². The predicted molar refractivity (Wildman–Crippen MR) is 56.7 cm³/mol. The van der Waals surface area contributed by atoms with Gasteiger partial charge in [0, 0.05) is 6.42 Å². The lowest BCUT2D eigenvalue weighted by Gasteiger charge is -2.23. The van der Waals surface area contributed by atoms with E-state index in [-0.39, 0.29) is 6.42 Å². The first-order chi connectivity index (χ1) is 7.62. The van der Waals surface area contributed by atoms with Crippen LogP contribution in [0.4, 0.5) is 4.79 Å². The maximum Gasteiger partial charge on any atom is 0.406 e. The first kappa shape index (κ1) is 12.0. The summed E-state index contributed by atoms with van der Waals surface area (Å²) < 4.78 is 0. The van der Waals surface area contributed by atoms with Crippen molar-refractivity contribution in [1.82, 2.24) is 5.32 Å². The van der Waals surface area contributed by atoms with Gasteiger partial charge in [-0.15, -0.1) is 0 Å². The fourth-order valence-corrected chi connectivity index (χ4v) is 1.39. The van der Waals surface area contributed by atoms with Gasteiger partial charge in [-0.25, -0.2) is 4.79 Å². The number of nitrogens with zero attached hydrogens (tertiary/aromatic N) is 1. The first-order valence-electron chi connectivity index (χ1n) is 4.69. The highest BCUT2D eigenvalue weighted by Crippen LogP contribution is 2.12. The molecule has 0 aliphatic heterocycles. The Bertz CT molecular complexity index is 399. The number of aliphatic hydroxyl groups is 1. The average Bonchev–Trinajstić information content (AvgIpc) is 2.29. The molecule has 0 aliphatic carbocycles. The molecular weight excluding hydrogens is 208 g/mol. The Hall–Kier alpha value is -2.06. The van der Waals surface area contributed by atoms with Gasteiger partial charge in [0.1, 0.15) is 0 Å². The summed E-state index contributed by atoms with van der Waals surface area (Å²) in [5.74, 6) is 0. The van der Waals surface area contributed by atoms with Crippen LogP contribution in [0.1, 0.15) is 5.56 Å². The van der Waals surface area contributed by atoms with Crippen LogP contribution >= 0.6 is 0 Å². The van der Waals surface area contributed by atoms with Gasteiger partial charge in [-0.2, -0.15) is 5.26 Å². The summed E-state index contributed by atoms with van der Waals surface area (Å²) in [6.45, 7) is -0.565. The van der Waals surface area contributed by atoms with Gasteiger partial charge in [-0.05, 0) is 5.56 Å². The lowest BCUT2D eigenvalue weighted by molar-refractivity contribution is 0.160. The van der Waals surface area contributed by atoms with Gasteiger partial charge in [-0.3, -0.25) is 0 Å². The van der Waals surface area contributed by atoms with Crippen molar-refractivity contribution in [1.29, 1.82) is 5.26 Å². The molecule has 1 amide bonds. The number of nitrogens with one attached hydrogen (secondary N) is 1. The van der Waals surface area contributed by atoms with Crippen molar-refractivity contribution in [2.45, 2.75) is 12.0 Å². The number of hydrogen-bond acceptors (Lipinski definition) is 3. The SMILES string of the molecule is N#CC(CO)(Cc1ccccc1)NC(=O)O. The zero-order chi connectivity index (χ0) is 12.0. The van der Waals surface area contributed by atoms with E-state index in [0.717, 1.165) is 5.56 Å². The molecule has 5 heteroatoms. The molecule has 0 radical (unpaired) electrons. The van der Waals surface area contributed by atoms with Crippen molar-refractivity contribution in [2.24, 2.45) is 0 Å². The summed E-state index contributed by atoms with van der Waals surface area (Å²) in [7, 11) is 0. The van der Waals surface area contributed by atoms with Crippen LogP contribution in [-0.4, -0.2) is 28.5 Å². The Morgan fingerprint density at radius 1 is 1.44 bits per heavy atom. The van der Waals surface area contributed by atoms with Crippen molar-refractivity contribution in [2.75, 3.05) is 6.61 Å². The van der Waals surface area contributed by atoms with E-state index in [1.807, 2.05) is 11.4 Å². The van der Waals surface area contributed by atoms with Crippen LogP contribution in [0, 0.1) is 11.3 Å². The third-order valence-electron chi connectivity index (χ3n) is 2.18. The Morgan fingerprint density at radius 2 is 2.06 bits per heavy atom. The second kappa shape index (κ2) is 5.14. The number of amides is 1. The van der Waals surface area contributed by atoms with Crippen molar-refractivity contribution in [3.8, 4) is 6.07 Å². The second-order valence-electron chi connectivity index (χ2n) is 3.44. The van der Waals surface area contributed by atoms with Crippen LogP contribution in [0.5, 0.6) is 0 Å². The highest BCUT2D eigenvalue weighted by atomic mass is 16.4. The van der Waals surface area contributed by atoms with Crippen LogP contribution in [0.25, 0.3) is 0 Å². The van der Waals surface area contributed by atoms with Gasteiger partial charge in [0.2, 0.25) is 0 Å². The molecule has 0 heterocycles. The standard InChI is InChI=1S/C11H12N2O3/c12-7-11(8-14,13-10(15)16)6-9-4-2-1-3-5-9/h1-5,13-14H,6,8H2,(H,15,16). The van der Waals surface area contributed by atoms with Crippen LogP contribution in [0.15, 0.2) is 30.3 Å². The fraction of sp³-hybridized carbons (Fsp3) is 0.273. The predicted octanol–water partition coefficient (Wildman–Crippen LogP) is 0.751. The summed E-state index contributed by atoms with van der Waals surface area (Å²) in [6, 6.07) is 10.7. The number of hydrogen-bond donors (Lipinski definition) is 3. The summed E-state index contributed by atoms with van der Waals surface area (Å²) in [6.07, 6.45) is -1.20. The number of carboxylic acid groups (broad SMARTS) is 1. The van der Waals surface area contributed by atoms with Crippen LogP contribution in [0.3, 0.4) is 0 Å². The maximum absolute atomic E-state index is 10.5. The topological polar surface area (TPSA) is 93.4 Å². The number of carbonyl (C=O) groups is 1. The molecule has 0 fully saturated rings. The van der Waals surface area contributed by atoms with E-state index in [1.54, 1.807) is 30.3 Å². The monoisotopic (exact) mass is 220 g/mol. The van der Waals surface area contributed by atoms with Crippen molar-refractivity contribution < 1.29 is 15.0 Å². The molecule has 84 valence electrons. The van der Waals surface area contributed by atoms with E-state index in [1.165, 1.54) is 0 Å². The molecule has 0 bridgehead atoms. The number of aliphatic hydroxyl groups excluding tert-OH is 1. The number of benzene rings is 1. The normalized spacial score (nSPS) is 13.5. The van der Waals surface area contributed by atoms with E-state index in [4.69, 9.17) is 15.5 Å². The van der Waals surface area contributed by atoms with E-state index in [0.29, 0.717) is 0 Å². The molecule has 0 aromatic heterocycles. The molecule has 0 aliphatic rings. The van der Waals surface area contributed by atoms with Gasteiger partial charge in [0.25, 0.3) is 0 Å². The molecule has 0 spiro atoms. The molecule has 3 N–H and O–H groups in total. The Kier molecular flexibility index (Phi) is 3.86. The highest BCUT2D eigenvalue weighted by Gasteiger charge is 2.31. The van der Waals surface area contributed by atoms with Gasteiger partial charge < -0.3 is 15.5 Å². The summed E-state index contributed by atoms with van der Waals surface area (Å²) >= 11 is 0. The third kappa shape index (κ3) is 2.97. The van der Waals surface area contributed by atoms with Crippen LogP contribution < -0.4 is 5.32 Å². The quantitative estimate of drug-likeness (QED) is 0.698. The summed E-state index contributed by atoms with van der Waals surface area (Å²) in [5, 5.41) is 28.8. The maximum atomic E-state index is 10.5. The van der Waals surface area contributed by atoms with Crippen molar-refractivity contribution in [3.63, 3.8) is 0 Å².